The van der Waals surface area contributed by atoms with Gasteiger partial charge in [0.2, 0.25) is 0 Å². The smallest absolute Gasteiger partial charge is 0.175 e. The summed E-state index contributed by atoms with van der Waals surface area (Å²) in [5.41, 5.74) is 6.57. The van der Waals surface area contributed by atoms with Gasteiger partial charge >= 0.3 is 0 Å². The number of benzene rings is 1. The number of nitriles is 1. The largest absolute Gasteiger partial charge is 0.398 e. The van der Waals surface area contributed by atoms with Gasteiger partial charge in [-0.2, -0.15) is 5.26 Å². The first-order chi connectivity index (χ1) is 6.45. The first-order valence-electron chi connectivity index (χ1n) is 3.90. The summed E-state index contributed by atoms with van der Waals surface area (Å²) in [5, 5.41) is 8.48. The Bertz CT molecular complexity index is 486. The van der Waals surface area contributed by atoms with Gasteiger partial charge in [-0.3, -0.25) is 0 Å². The third-order valence-corrected chi connectivity index (χ3v) is 2.92. The zero-order valence-corrected chi connectivity index (χ0v) is 8.50. The molecule has 0 fully saturated rings. The molecule has 0 aliphatic carbocycles. The Morgan fingerprint density at radius 2 is 2.14 bits per heavy atom. The first-order valence-corrected chi connectivity index (χ1v) is 5.79. The van der Waals surface area contributed by atoms with Crippen LogP contribution in [0.5, 0.6) is 0 Å². The summed E-state index contributed by atoms with van der Waals surface area (Å²) in [6.07, 6.45) is 1.24. The van der Waals surface area contributed by atoms with Gasteiger partial charge in [0.15, 0.2) is 9.84 Å². The Morgan fingerprint density at radius 3 is 2.64 bits per heavy atom. The lowest BCUT2D eigenvalue weighted by Gasteiger charge is -2.03. The van der Waals surface area contributed by atoms with Crippen LogP contribution in [0.15, 0.2) is 23.1 Å². The maximum Gasteiger partial charge on any atom is 0.175 e. The molecule has 0 amide bonds. The summed E-state index contributed by atoms with van der Waals surface area (Å²) in [5.74, 6) is 0. The molecule has 1 rings (SSSR count). The minimum Gasteiger partial charge on any atom is -0.398 e. The van der Waals surface area contributed by atoms with Crippen LogP contribution >= 0.6 is 0 Å². The zero-order valence-electron chi connectivity index (χ0n) is 7.69. The maximum absolute atomic E-state index is 11.2. The van der Waals surface area contributed by atoms with E-state index in [0.717, 1.165) is 6.26 Å². The minimum absolute atomic E-state index is 0.120. The second kappa shape index (κ2) is 3.68. The lowest BCUT2D eigenvalue weighted by Crippen LogP contribution is -2.00. The topological polar surface area (TPSA) is 83.9 Å². The number of anilines is 1. The molecule has 0 saturated carbocycles. The van der Waals surface area contributed by atoms with E-state index in [2.05, 4.69) is 0 Å². The SMILES string of the molecule is CS(=O)(=O)c1ccc(N)c(CC#N)c1. The molecule has 14 heavy (non-hydrogen) atoms. The van der Waals surface area contributed by atoms with Crippen molar-refractivity contribution in [1.82, 2.24) is 0 Å². The highest BCUT2D eigenvalue weighted by molar-refractivity contribution is 7.90. The van der Waals surface area contributed by atoms with E-state index in [-0.39, 0.29) is 11.3 Å². The number of hydrogen-bond acceptors (Lipinski definition) is 4. The molecule has 0 saturated heterocycles. The molecule has 0 bridgehead atoms. The average molecular weight is 210 g/mol. The van der Waals surface area contributed by atoms with Gasteiger partial charge in [-0.1, -0.05) is 0 Å². The zero-order chi connectivity index (χ0) is 10.8. The molecule has 0 heterocycles. The molecule has 0 aliphatic heterocycles. The van der Waals surface area contributed by atoms with Crippen LogP contribution in [0.3, 0.4) is 0 Å². The fourth-order valence-electron chi connectivity index (χ4n) is 1.05. The van der Waals surface area contributed by atoms with E-state index in [0.29, 0.717) is 11.3 Å². The third kappa shape index (κ3) is 2.24. The predicted octanol–water partition coefficient (Wildman–Crippen LogP) is 0.738. The number of hydrogen-bond donors (Lipinski definition) is 1. The van der Waals surface area contributed by atoms with Crippen LogP contribution in [0.4, 0.5) is 5.69 Å². The van der Waals surface area contributed by atoms with E-state index in [1.807, 2.05) is 6.07 Å². The van der Waals surface area contributed by atoms with Gasteiger partial charge in [-0.25, -0.2) is 8.42 Å². The number of nitrogens with two attached hydrogens (primary N) is 1. The van der Waals surface area contributed by atoms with Crippen molar-refractivity contribution in [1.29, 1.82) is 5.26 Å². The molecule has 0 aromatic heterocycles. The van der Waals surface area contributed by atoms with Crippen LogP contribution in [0.1, 0.15) is 5.56 Å². The van der Waals surface area contributed by atoms with E-state index in [9.17, 15) is 8.42 Å². The minimum atomic E-state index is -3.23. The van der Waals surface area contributed by atoms with Crippen LogP contribution in [0.2, 0.25) is 0 Å². The van der Waals surface area contributed by atoms with Crippen LogP contribution in [0.25, 0.3) is 0 Å². The van der Waals surface area contributed by atoms with Gasteiger partial charge in [-0.15, -0.1) is 0 Å². The molecule has 0 radical (unpaired) electrons. The molecule has 0 aliphatic rings. The predicted molar refractivity (Wildman–Crippen MR) is 53.3 cm³/mol. The molecule has 1 aromatic carbocycles. The Morgan fingerprint density at radius 1 is 1.50 bits per heavy atom. The van der Waals surface area contributed by atoms with Gasteiger partial charge in [-0.05, 0) is 23.8 Å². The second-order valence-corrected chi connectivity index (χ2v) is 4.98. The van der Waals surface area contributed by atoms with Crippen LogP contribution < -0.4 is 5.73 Å². The highest BCUT2D eigenvalue weighted by Crippen LogP contribution is 2.17. The van der Waals surface area contributed by atoms with Crippen molar-refractivity contribution in [2.45, 2.75) is 11.3 Å². The van der Waals surface area contributed by atoms with Gasteiger partial charge in [0, 0.05) is 11.9 Å². The summed E-state index contributed by atoms with van der Waals surface area (Å²) in [6, 6.07) is 6.31. The fraction of sp³-hybridized carbons (Fsp3) is 0.222. The van der Waals surface area contributed by atoms with Crippen LogP contribution in [0, 0.1) is 11.3 Å². The van der Waals surface area contributed by atoms with Crippen molar-refractivity contribution >= 4 is 15.5 Å². The molecule has 5 heteroatoms. The molecule has 2 N–H and O–H groups in total. The van der Waals surface area contributed by atoms with Crippen LogP contribution in [-0.2, 0) is 16.3 Å². The summed E-state index contributed by atoms with van der Waals surface area (Å²) >= 11 is 0. The number of nitrogen functional groups attached to an aromatic ring is 1. The molecule has 0 spiro atoms. The highest BCUT2D eigenvalue weighted by atomic mass is 32.2. The molecular weight excluding hydrogens is 200 g/mol. The average Bonchev–Trinajstić information content (AvgIpc) is 2.07. The maximum atomic E-state index is 11.2. The Labute approximate surface area is 82.9 Å². The number of rotatable bonds is 2. The van der Waals surface area contributed by atoms with Gasteiger partial charge in [0.05, 0.1) is 17.4 Å². The van der Waals surface area contributed by atoms with Crippen molar-refractivity contribution in [3.05, 3.63) is 23.8 Å². The van der Waals surface area contributed by atoms with Crippen LogP contribution in [-0.4, -0.2) is 14.7 Å². The molecule has 74 valence electrons. The third-order valence-electron chi connectivity index (χ3n) is 1.81. The highest BCUT2D eigenvalue weighted by Gasteiger charge is 2.09. The monoisotopic (exact) mass is 210 g/mol. The first kappa shape index (κ1) is 10.5. The quantitative estimate of drug-likeness (QED) is 0.729. The second-order valence-electron chi connectivity index (χ2n) is 2.97. The number of nitrogens with zero attached hydrogens (tertiary/aromatic N) is 1. The molecular formula is C9H10N2O2S. The fourth-order valence-corrected chi connectivity index (χ4v) is 1.72. The van der Waals surface area contributed by atoms with E-state index in [1.54, 1.807) is 0 Å². The van der Waals surface area contributed by atoms with Gasteiger partial charge in [0.25, 0.3) is 0 Å². The molecule has 4 nitrogen and oxygen atoms in total. The lowest BCUT2D eigenvalue weighted by atomic mass is 10.1. The van der Waals surface area contributed by atoms with Crippen molar-refractivity contribution in [3.63, 3.8) is 0 Å². The summed E-state index contributed by atoms with van der Waals surface area (Å²) in [6.45, 7) is 0. The van der Waals surface area contributed by atoms with E-state index in [1.165, 1.54) is 18.2 Å². The van der Waals surface area contributed by atoms with Crippen molar-refractivity contribution in [3.8, 4) is 6.07 Å². The summed E-state index contributed by atoms with van der Waals surface area (Å²) < 4.78 is 22.4. The molecule has 0 unspecified atom stereocenters. The van der Waals surface area contributed by atoms with Crippen molar-refractivity contribution < 1.29 is 8.42 Å². The van der Waals surface area contributed by atoms with E-state index >= 15 is 0 Å². The standard InChI is InChI=1S/C9H10N2O2S/c1-14(12,13)8-2-3-9(11)7(6-8)4-5-10/h2-3,6H,4,11H2,1H3. The summed E-state index contributed by atoms with van der Waals surface area (Å²) in [7, 11) is -3.23. The molecule has 1 aromatic rings. The lowest BCUT2D eigenvalue weighted by molar-refractivity contribution is 0.602. The Hall–Kier alpha value is -1.54. The van der Waals surface area contributed by atoms with Gasteiger partial charge < -0.3 is 5.73 Å². The normalized spacial score (nSPS) is 10.9. The van der Waals surface area contributed by atoms with Crippen molar-refractivity contribution in [2.24, 2.45) is 0 Å². The number of sulfone groups is 1. The van der Waals surface area contributed by atoms with E-state index in [4.69, 9.17) is 11.0 Å². The molecule has 0 atom stereocenters. The Balaban J connectivity index is 3.28. The van der Waals surface area contributed by atoms with Crippen molar-refractivity contribution in [2.75, 3.05) is 12.0 Å². The summed E-state index contributed by atoms with van der Waals surface area (Å²) in [4.78, 5) is 0.192. The van der Waals surface area contributed by atoms with Gasteiger partial charge in [0.1, 0.15) is 0 Å². The Kier molecular flexibility index (Phi) is 2.77. The van der Waals surface area contributed by atoms with E-state index < -0.39 is 9.84 Å².